The van der Waals surface area contributed by atoms with E-state index in [1.807, 2.05) is 0 Å². The summed E-state index contributed by atoms with van der Waals surface area (Å²) in [4.78, 5) is 0. The highest BCUT2D eigenvalue weighted by Crippen LogP contribution is 2.03. The molecule has 1 heterocycles. The monoisotopic (exact) mass is 154 g/mol. The zero-order valence-corrected chi connectivity index (χ0v) is 6.32. The second-order valence-electron chi connectivity index (χ2n) is 2.04. The van der Waals surface area contributed by atoms with Crippen molar-refractivity contribution in [1.82, 2.24) is 10.2 Å². The summed E-state index contributed by atoms with van der Waals surface area (Å²) in [6.45, 7) is 0.0982. The van der Waals surface area contributed by atoms with Crippen molar-refractivity contribution in [2.45, 2.75) is 6.42 Å². The Bertz CT molecular complexity index is 210. The van der Waals surface area contributed by atoms with E-state index in [1.54, 1.807) is 12.1 Å². The van der Waals surface area contributed by atoms with E-state index in [2.05, 4.69) is 10.2 Å². The van der Waals surface area contributed by atoms with E-state index < -0.39 is 0 Å². The van der Waals surface area contributed by atoms with Gasteiger partial charge in [-0.3, -0.25) is 0 Å². The van der Waals surface area contributed by atoms with Crippen LogP contribution in [0.4, 0.5) is 0 Å². The van der Waals surface area contributed by atoms with Crippen molar-refractivity contribution >= 4 is 0 Å². The Morgan fingerprint density at radius 3 is 2.73 bits per heavy atom. The van der Waals surface area contributed by atoms with Crippen molar-refractivity contribution < 1.29 is 9.84 Å². The Balaban J connectivity index is 2.66. The number of hydrogen-bond acceptors (Lipinski definition) is 4. The Labute approximate surface area is 64.8 Å². The summed E-state index contributed by atoms with van der Waals surface area (Å²) in [7, 11) is 1.54. The van der Waals surface area contributed by atoms with Crippen LogP contribution in [0.1, 0.15) is 5.69 Å². The van der Waals surface area contributed by atoms with Crippen molar-refractivity contribution in [3.05, 3.63) is 17.8 Å². The molecule has 0 aliphatic rings. The van der Waals surface area contributed by atoms with Gasteiger partial charge in [-0.1, -0.05) is 0 Å². The quantitative estimate of drug-likeness (QED) is 0.666. The molecule has 4 nitrogen and oxygen atoms in total. The van der Waals surface area contributed by atoms with E-state index in [9.17, 15) is 0 Å². The topological polar surface area (TPSA) is 55.2 Å². The Morgan fingerprint density at radius 2 is 2.27 bits per heavy atom. The van der Waals surface area contributed by atoms with E-state index in [4.69, 9.17) is 9.84 Å². The molecule has 0 saturated carbocycles. The number of aromatic nitrogens is 2. The minimum Gasteiger partial charge on any atom is -0.480 e. The molecule has 11 heavy (non-hydrogen) atoms. The molecule has 60 valence electrons. The molecule has 0 bridgehead atoms. The second kappa shape index (κ2) is 3.88. The molecule has 4 heteroatoms. The van der Waals surface area contributed by atoms with Gasteiger partial charge in [0.1, 0.15) is 0 Å². The van der Waals surface area contributed by atoms with Gasteiger partial charge in [0.15, 0.2) is 0 Å². The summed E-state index contributed by atoms with van der Waals surface area (Å²) < 4.78 is 4.81. The van der Waals surface area contributed by atoms with Crippen LogP contribution in [0.3, 0.4) is 0 Å². The maximum absolute atomic E-state index is 8.55. The van der Waals surface area contributed by atoms with Gasteiger partial charge in [-0.15, -0.1) is 5.10 Å². The minimum absolute atomic E-state index is 0.0982. The first-order valence-corrected chi connectivity index (χ1v) is 3.34. The average molecular weight is 154 g/mol. The summed E-state index contributed by atoms with van der Waals surface area (Å²) in [5.41, 5.74) is 0.772. The number of hydrogen-bond donors (Lipinski definition) is 1. The maximum atomic E-state index is 8.55. The average Bonchev–Trinajstić information content (AvgIpc) is 2.07. The lowest BCUT2D eigenvalue weighted by atomic mass is 10.3. The molecule has 0 aliphatic carbocycles. The second-order valence-corrected chi connectivity index (χ2v) is 2.04. The fourth-order valence-electron chi connectivity index (χ4n) is 0.704. The standard InChI is InChI=1S/C7H10N2O2/c1-11-7-3-2-6(4-5-10)8-9-7/h2-3,10H,4-5H2,1H3. The van der Waals surface area contributed by atoms with Gasteiger partial charge in [0.2, 0.25) is 5.88 Å². The molecule has 1 aromatic rings. The predicted molar refractivity (Wildman–Crippen MR) is 39.4 cm³/mol. The number of nitrogens with zero attached hydrogens (tertiary/aromatic N) is 2. The Morgan fingerprint density at radius 1 is 1.45 bits per heavy atom. The molecule has 0 atom stereocenters. The summed E-state index contributed by atoms with van der Waals surface area (Å²) in [6.07, 6.45) is 0.539. The SMILES string of the molecule is COc1ccc(CCO)nn1. The largest absolute Gasteiger partial charge is 0.480 e. The molecule has 0 saturated heterocycles. The molecule has 0 aromatic carbocycles. The summed E-state index contributed by atoms with van der Waals surface area (Å²) >= 11 is 0. The zero-order valence-electron chi connectivity index (χ0n) is 6.32. The molecule has 0 fully saturated rings. The number of aliphatic hydroxyl groups is 1. The van der Waals surface area contributed by atoms with Gasteiger partial charge in [0.25, 0.3) is 0 Å². The van der Waals surface area contributed by atoms with Gasteiger partial charge >= 0.3 is 0 Å². The van der Waals surface area contributed by atoms with E-state index in [-0.39, 0.29) is 6.61 Å². The van der Waals surface area contributed by atoms with Gasteiger partial charge in [0, 0.05) is 19.1 Å². The fourth-order valence-corrected chi connectivity index (χ4v) is 0.704. The van der Waals surface area contributed by atoms with Crippen LogP contribution in [0, 0.1) is 0 Å². The molecule has 1 rings (SSSR count). The van der Waals surface area contributed by atoms with Crippen LogP contribution in [-0.2, 0) is 6.42 Å². The van der Waals surface area contributed by atoms with Gasteiger partial charge in [0.05, 0.1) is 12.8 Å². The fraction of sp³-hybridized carbons (Fsp3) is 0.429. The number of methoxy groups -OCH3 is 1. The molecular formula is C7H10N2O2. The van der Waals surface area contributed by atoms with Gasteiger partial charge in [-0.25, -0.2) is 0 Å². The van der Waals surface area contributed by atoms with Gasteiger partial charge in [-0.2, -0.15) is 5.10 Å². The summed E-state index contributed by atoms with van der Waals surface area (Å²) in [5, 5.41) is 16.1. The molecule has 0 aliphatic heterocycles. The maximum Gasteiger partial charge on any atom is 0.233 e. The van der Waals surface area contributed by atoms with Crippen molar-refractivity contribution in [2.75, 3.05) is 13.7 Å². The summed E-state index contributed by atoms with van der Waals surface area (Å²) in [5.74, 6) is 0.492. The van der Waals surface area contributed by atoms with Crippen LogP contribution in [0.15, 0.2) is 12.1 Å². The first kappa shape index (κ1) is 7.94. The first-order chi connectivity index (χ1) is 5.36. The molecule has 0 radical (unpaired) electrons. The third-order valence-electron chi connectivity index (χ3n) is 1.27. The van der Waals surface area contributed by atoms with Crippen molar-refractivity contribution in [3.63, 3.8) is 0 Å². The number of aliphatic hydroxyl groups excluding tert-OH is 1. The highest BCUT2D eigenvalue weighted by molar-refractivity contribution is 5.11. The highest BCUT2D eigenvalue weighted by atomic mass is 16.5. The lowest BCUT2D eigenvalue weighted by Crippen LogP contribution is -1.97. The van der Waals surface area contributed by atoms with Gasteiger partial charge < -0.3 is 9.84 Å². The number of ether oxygens (including phenoxy) is 1. The van der Waals surface area contributed by atoms with Crippen LogP contribution in [0.5, 0.6) is 5.88 Å². The molecule has 0 spiro atoms. The zero-order chi connectivity index (χ0) is 8.10. The normalized spacial score (nSPS) is 9.64. The van der Waals surface area contributed by atoms with Crippen LogP contribution in [-0.4, -0.2) is 29.0 Å². The molecular weight excluding hydrogens is 144 g/mol. The van der Waals surface area contributed by atoms with E-state index in [0.29, 0.717) is 12.3 Å². The van der Waals surface area contributed by atoms with Gasteiger partial charge in [-0.05, 0) is 6.07 Å². The number of rotatable bonds is 3. The van der Waals surface area contributed by atoms with E-state index >= 15 is 0 Å². The molecule has 1 N–H and O–H groups in total. The van der Waals surface area contributed by atoms with Crippen molar-refractivity contribution in [3.8, 4) is 5.88 Å². The smallest absolute Gasteiger partial charge is 0.233 e. The highest BCUT2D eigenvalue weighted by Gasteiger charge is 1.95. The molecule has 1 aromatic heterocycles. The minimum atomic E-state index is 0.0982. The van der Waals surface area contributed by atoms with Crippen LogP contribution in [0.2, 0.25) is 0 Å². The Kier molecular flexibility index (Phi) is 2.80. The predicted octanol–water partition coefficient (Wildman–Crippen LogP) is 0.0200. The van der Waals surface area contributed by atoms with E-state index in [1.165, 1.54) is 7.11 Å². The molecule has 0 unspecified atom stereocenters. The van der Waals surface area contributed by atoms with Crippen LogP contribution in [0.25, 0.3) is 0 Å². The third-order valence-corrected chi connectivity index (χ3v) is 1.27. The first-order valence-electron chi connectivity index (χ1n) is 3.34. The lowest BCUT2D eigenvalue weighted by Gasteiger charge is -1.97. The van der Waals surface area contributed by atoms with Crippen LogP contribution < -0.4 is 4.74 Å². The van der Waals surface area contributed by atoms with Crippen LogP contribution >= 0.6 is 0 Å². The lowest BCUT2D eigenvalue weighted by molar-refractivity contribution is 0.297. The van der Waals surface area contributed by atoms with E-state index in [0.717, 1.165) is 5.69 Å². The third kappa shape index (κ3) is 2.16. The van der Waals surface area contributed by atoms with Crippen molar-refractivity contribution in [1.29, 1.82) is 0 Å². The molecule has 0 amide bonds. The Hall–Kier alpha value is -1.16. The van der Waals surface area contributed by atoms with Crippen molar-refractivity contribution in [2.24, 2.45) is 0 Å². The summed E-state index contributed by atoms with van der Waals surface area (Å²) in [6, 6.07) is 3.50.